The molecule has 0 radical (unpaired) electrons. The molecule has 1 aromatic carbocycles. The van der Waals surface area contributed by atoms with Gasteiger partial charge in [-0.1, -0.05) is 19.1 Å². The molecule has 2 aliphatic rings. The van der Waals surface area contributed by atoms with E-state index in [0.717, 1.165) is 13.1 Å². The lowest BCUT2D eigenvalue weighted by Crippen LogP contribution is -2.57. The van der Waals surface area contributed by atoms with Gasteiger partial charge in [0.1, 0.15) is 0 Å². The molecule has 8 nitrogen and oxygen atoms in total. The topological polar surface area (TPSA) is 73.4 Å². The Hall–Kier alpha value is -1.52. The Balaban J connectivity index is 1.57. The molecule has 0 saturated carbocycles. The third-order valence-electron chi connectivity index (χ3n) is 6.29. The van der Waals surface area contributed by atoms with Gasteiger partial charge in [-0.15, -0.1) is 0 Å². The van der Waals surface area contributed by atoms with Crippen LogP contribution in [-0.4, -0.2) is 96.8 Å². The average molecular weight is 467 g/mol. The molecule has 0 aromatic heterocycles. The van der Waals surface area contributed by atoms with Crippen LogP contribution in [0.1, 0.15) is 50.5 Å². The van der Waals surface area contributed by atoms with Gasteiger partial charge in [-0.25, -0.2) is 0 Å². The molecule has 0 aliphatic carbocycles. The summed E-state index contributed by atoms with van der Waals surface area (Å²) in [6.07, 6.45) is -0.242. The third-order valence-corrected chi connectivity index (χ3v) is 8.26. The third kappa shape index (κ3) is 5.88. The maximum atomic E-state index is 13.1. The summed E-state index contributed by atoms with van der Waals surface area (Å²) in [7, 11) is -3.55. The first-order chi connectivity index (χ1) is 15.1. The van der Waals surface area contributed by atoms with Crippen molar-refractivity contribution in [2.75, 3.05) is 45.8 Å². The zero-order valence-electron chi connectivity index (χ0n) is 20.0. The van der Waals surface area contributed by atoms with Gasteiger partial charge in [0.25, 0.3) is 16.1 Å². The van der Waals surface area contributed by atoms with Gasteiger partial charge in [0.15, 0.2) is 0 Å². The number of amides is 1. The zero-order valence-corrected chi connectivity index (χ0v) is 20.8. The van der Waals surface area contributed by atoms with E-state index in [1.807, 2.05) is 38.1 Å². The second kappa shape index (κ2) is 10.6. The largest absolute Gasteiger partial charge is 0.373 e. The molecule has 3 rings (SSSR count). The second-order valence-electron chi connectivity index (χ2n) is 9.13. The molecule has 1 aromatic rings. The molecule has 2 fully saturated rings. The van der Waals surface area contributed by atoms with Crippen LogP contribution in [0.4, 0.5) is 0 Å². The van der Waals surface area contributed by atoms with Gasteiger partial charge in [0.2, 0.25) is 0 Å². The van der Waals surface area contributed by atoms with Gasteiger partial charge < -0.3 is 9.64 Å². The molecular formula is C23H38N4O4S. The van der Waals surface area contributed by atoms with Gasteiger partial charge in [0.05, 0.1) is 12.2 Å². The molecule has 0 bridgehead atoms. The minimum atomic E-state index is -3.55. The zero-order chi connectivity index (χ0) is 23.5. The summed E-state index contributed by atoms with van der Waals surface area (Å²) in [4.78, 5) is 17.1. The second-order valence-corrected chi connectivity index (χ2v) is 11.1. The number of ether oxygens (including phenoxy) is 1. The van der Waals surface area contributed by atoms with Gasteiger partial charge in [-0.3, -0.25) is 9.69 Å². The normalized spacial score (nSPS) is 23.8. The molecule has 2 heterocycles. The SMILES string of the molecule is CCN(Cc1ccc(C(=O)N2CCN(S(=O)(=O)N3CC(C)OC(C)C3)CC2)cc1)C(C)C. The van der Waals surface area contributed by atoms with E-state index in [1.165, 1.54) is 14.2 Å². The van der Waals surface area contributed by atoms with Crippen LogP contribution < -0.4 is 0 Å². The van der Waals surface area contributed by atoms with E-state index in [4.69, 9.17) is 4.74 Å². The number of nitrogens with zero attached hydrogens (tertiary/aromatic N) is 4. The fraction of sp³-hybridized carbons (Fsp3) is 0.696. The van der Waals surface area contributed by atoms with Crippen molar-refractivity contribution in [3.05, 3.63) is 35.4 Å². The average Bonchev–Trinajstić information content (AvgIpc) is 2.76. The highest BCUT2D eigenvalue weighted by Crippen LogP contribution is 2.20. The predicted octanol–water partition coefficient (Wildman–Crippen LogP) is 2.03. The highest BCUT2D eigenvalue weighted by atomic mass is 32.2. The summed E-state index contributed by atoms with van der Waals surface area (Å²) in [5.41, 5.74) is 1.83. The van der Waals surface area contributed by atoms with Crippen molar-refractivity contribution >= 4 is 16.1 Å². The summed E-state index contributed by atoms with van der Waals surface area (Å²) in [6, 6.07) is 8.26. The molecule has 2 aliphatic heterocycles. The number of carbonyl (C=O) groups excluding carboxylic acids is 1. The molecule has 0 N–H and O–H groups in total. The smallest absolute Gasteiger partial charge is 0.282 e. The quantitative estimate of drug-likeness (QED) is 0.615. The highest BCUT2D eigenvalue weighted by molar-refractivity contribution is 7.86. The van der Waals surface area contributed by atoms with Crippen LogP contribution in [0.25, 0.3) is 0 Å². The fourth-order valence-corrected chi connectivity index (χ4v) is 6.18. The van der Waals surface area contributed by atoms with Gasteiger partial charge >= 0.3 is 0 Å². The van der Waals surface area contributed by atoms with Gasteiger partial charge in [-0.05, 0) is 51.9 Å². The monoisotopic (exact) mass is 466 g/mol. The number of hydrogen-bond donors (Lipinski definition) is 0. The molecule has 2 saturated heterocycles. The number of hydrogen-bond acceptors (Lipinski definition) is 5. The lowest BCUT2D eigenvalue weighted by molar-refractivity contribution is -0.0457. The molecule has 32 heavy (non-hydrogen) atoms. The highest BCUT2D eigenvalue weighted by Gasteiger charge is 2.37. The van der Waals surface area contributed by atoms with Crippen molar-refractivity contribution in [1.29, 1.82) is 0 Å². The van der Waals surface area contributed by atoms with Crippen LogP contribution in [0.3, 0.4) is 0 Å². The van der Waals surface area contributed by atoms with Crippen molar-refractivity contribution in [2.45, 2.75) is 59.4 Å². The summed E-state index contributed by atoms with van der Waals surface area (Å²) >= 11 is 0. The van der Waals surface area contributed by atoms with Crippen molar-refractivity contribution in [1.82, 2.24) is 18.4 Å². The minimum absolute atomic E-state index is 0.0431. The summed E-state index contributed by atoms with van der Waals surface area (Å²) in [5, 5.41) is 0. The van der Waals surface area contributed by atoms with E-state index in [1.54, 1.807) is 4.90 Å². The van der Waals surface area contributed by atoms with Crippen molar-refractivity contribution in [2.24, 2.45) is 0 Å². The first-order valence-electron chi connectivity index (χ1n) is 11.6. The molecule has 1 amide bonds. The Morgan fingerprint density at radius 2 is 1.59 bits per heavy atom. The Labute approximate surface area is 193 Å². The summed E-state index contributed by atoms with van der Waals surface area (Å²) in [5.74, 6) is -0.0431. The maximum absolute atomic E-state index is 13.1. The van der Waals surface area contributed by atoms with E-state index >= 15 is 0 Å². The van der Waals surface area contributed by atoms with E-state index in [2.05, 4.69) is 25.7 Å². The fourth-order valence-electron chi connectivity index (χ4n) is 4.43. The molecule has 0 spiro atoms. The Morgan fingerprint density at radius 3 is 2.09 bits per heavy atom. The molecule has 180 valence electrons. The van der Waals surface area contributed by atoms with E-state index < -0.39 is 10.2 Å². The summed E-state index contributed by atoms with van der Waals surface area (Å²) < 4.78 is 34.8. The van der Waals surface area contributed by atoms with Crippen molar-refractivity contribution in [3.8, 4) is 0 Å². The van der Waals surface area contributed by atoms with Crippen molar-refractivity contribution < 1.29 is 17.9 Å². The minimum Gasteiger partial charge on any atom is -0.373 e. The van der Waals surface area contributed by atoms with E-state index in [-0.39, 0.29) is 18.1 Å². The van der Waals surface area contributed by atoms with Crippen LogP contribution in [0.5, 0.6) is 0 Å². The maximum Gasteiger partial charge on any atom is 0.282 e. The summed E-state index contributed by atoms with van der Waals surface area (Å²) in [6.45, 7) is 14.3. The van der Waals surface area contributed by atoms with Gasteiger partial charge in [-0.2, -0.15) is 17.0 Å². The predicted molar refractivity (Wildman–Crippen MR) is 126 cm³/mol. The molecule has 2 atom stereocenters. The Morgan fingerprint density at radius 1 is 1.03 bits per heavy atom. The van der Waals surface area contributed by atoms with E-state index in [9.17, 15) is 13.2 Å². The Kier molecular flexibility index (Phi) is 8.32. The van der Waals surface area contributed by atoms with Crippen LogP contribution in [-0.2, 0) is 21.5 Å². The standard InChI is InChI=1S/C23H38N4O4S/c1-6-24(18(2)3)17-21-7-9-22(10-8-21)23(28)25-11-13-26(14-12-25)32(29,30)27-15-19(4)31-20(5)16-27/h7-10,18-20H,6,11-17H2,1-5H3. The number of piperazine rings is 1. The van der Waals surface area contributed by atoms with Crippen LogP contribution in [0, 0.1) is 0 Å². The van der Waals surface area contributed by atoms with Gasteiger partial charge in [0, 0.05) is 57.4 Å². The number of benzene rings is 1. The van der Waals surface area contributed by atoms with Crippen molar-refractivity contribution in [3.63, 3.8) is 0 Å². The van der Waals surface area contributed by atoms with Crippen LogP contribution in [0.15, 0.2) is 24.3 Å². The van der Waals surface area contributed by atoms with Crippen LogP contribution in [0.2, 0.25) is 0 Å². The molecule has 9 heteroatoms. The first kappa shape index (κ1) is 25.1. The number of rotatable bonds is 7. The number of morpholine rings is 1. The van der Waals surface area contributed by atoms with E-state index in [0.29, 0.717) is 50.9 Å². The Bertz CT molecular complexity index is 856. The number of carbonyl (C=O) groups is 1. The van der Waals surface area contributed by atoms with Crippen LogP contribution >= 0.6 is 0 Å². The molecule has 2 unspecified atom stereocenters. The lowest BCUT2D eigenvalue weighted by atomic mass is 10.1. The first-order valence-corrected chi connectivity index (χ1v) is 13.0. The lowest BCUT2D eigenvalue weighted by Gasteiger charge is -2.40. The molecular weight excluding hydrogens is 428 g/mol.